The van der Waals surface area contributed by atoms with Crippen LogP contribution in [-0.4, -0.2) is 56.4 Å². The van der Waals surface area contributed by atoms with Gasteiger partial charge in [-0.05, 0) is 51.5 Å². The molecule has 0 unspecified atom stereocenters. The number of nitrogen functional groups attached to an aromatic ring is 1. The lowest BCUT2D eigenvalue weighted by molar-refractivity contribution is -0.149. The SMILES string of the molecule is C#C[C@H]1C[C@@H](CO[P@@](=O)(N[C@H](C)C(=O)OC(C)C)Oc2cccc3ccccc23)O[C@H]1n1cnc2c(NC3CC3)nc(N)nc21. The molecule has 2 aliphatic rings. The normalized spacial score (nSPS) is 21.8. The first-order chi connectivity index (χ1) is 21.6. The monoisotopic (exact) mass is 633 g/mol. The van der Waals surface area contributed by atoms with Crippen molar-refractivity contribution in [1.29, 1.82) is 0 Å². The zero-order valence-electron chi connectivity index (χ0n) is 25.3. The van der Waals surface area contributed by atoms with Gasteiger partial charge in [-0.15, -0.1) is 6.42 Å². The Morgan fingerprint density at radius 1 is 1.20 bits per heavy atom. The van der Waals surface area contributed by atoms with Crippen LogP contribution in [0.3, 0.4) is 0 Å². The van der Waals surface area contributed by atoms with Gasteiger partial charge < -0.3 is 25.0 Å². The predicted molar refractivity (Wildman–Crippen MR) is 169 cm³/mol. The number of nitrogens with one attached hydrogen (secondary N) is 2. The highest BCUT2D eigenvalue weighted by atomic mass is 31.2. The van der Waals surface area contributed by atoms with Gasteiger partial charge in [-0.25, -0.2) is 9.55 Å². The fraction of sp³-hybridized carbons (Fsp3) is 0.419. The Balaban J connectivity index is 1.22. The summed E-state index contributed by atoms with van der Waals surface area (Å²) in [5, 5.41) is 7.71. The molecule has 0 bridgehead atoms. The quantitative estimate of drug-likeness (QED) is 0.111. The number of imidazole rings is 1. The predicted octanol–water partition coefficient (Wildman–Crippen LogP) is 4.81. The molecule has 1 saturated heterocycles. The second-order valence-corrected chi connectivity index (χ2v) is 13.2. The van der Waals surface area contributed by atoms with Gasteiger partial charge in [-0.2, -0.15) is 15.1 Å². The molecular weight excluding hydrogens is 597 g/mol. The van der Waals surface area contributed by atoms with Crippen LogP contribution in [0.15, 0.2) is 48.8 Å². The van der Waals surface area contributed by atoms with Gasteiger partial charge in [0.15, 0.2) is 23.2 Å². The number of ether oxygens (including phenoxy) is 2. The molecule has 2 aromatic heterocycles. The Morgan fingerprint density at radius 2 is 1.98 bits per heavy atom. The highest BCUT2D eigenvalue weighted by Gasteiger charge is 2.40. The molecule has 3 heterocycles. The molecule has 45 heavy (non-hydrogen) atoms. The van der Waals surface area contributed by atoms with E-state index in [0.717, 1.165) is 23.6 Å². The third kappa shape index (κ3) is 6.89. The largest absolute Gasteiger partial charge is 0.462 e. The minimum atomic E-state index is -4.17. The lowest BCUT2D eigenvalue weighted by atomic mass is 10.0. The summed E-state index contributed by atoms with van der Waals surface area (Å²) in [6, 6.07) is 12.3. The van der Waals surface area contributed by atoms with Crippen molar-refractivity contribution in [3.8, 4) is 18.1 Å². The third-order valence-electron chi connectivity index (χ3n) is 7.49. The molecule has 0 amide bonds. The van der Waals surface area contributed by atoms with Crippen LogP contribution in [0.2, 0.25) is 0 Å². The van der Waals surface area contributed by atoms with Gasteiger partial charge in [-0.1, -0.05) is 42.3 Å². The molecule has 5 atom stereocenters. The molecule has 0 radical (unpaired) electrons. The molecule has 0 spiro atoms. The van der Waals surface area contributed by atoms with Crippen LogP contribution in [0, 0.1) is 18.3 Å². The number of rotatable bonds is 12. The van der Waals surface area contributed by atoms with E-state index >= 15 is 0 Å². The van der Waals surface area contributed by atoms with Crippen molar-refractivity contribution in [3.05, 3.63) is 48.8 Å². The van der Waals surface area contributed by atoms with Crippen molar-refractivity contribution in [3.63, 3.8) is 0 Å². The standard InChI is InChI=1S/C31H36N7O6P/c1-5-20-15-23(43-29(20)38-17-33-26-27(34-22-13-14-22)35-31(32)36-28(26)38)16-41-45(40,37-19(4)30(39)42-18(2)3)44-25-12-8-10-21-9-6-7-11-24(21)25/h1,6-12,17-20,22-23,29H,13-16H2,2-4H3,(H,37,40)(H3,32,34,35,36)/t19-,20+,23+,29-,45+/m1/s1. The number of benzene rings is 2. The number of anilines is 2. The van der Waals surface area contributed by atoms with E-state index < -0.39 is 32.1 Å². The minimum Gasteiger partial charge on any atom is -0.462 e. The molecule has 1 aliphatic heterocycles. The number of terminal acetylenes is 1. The number of carbonyl (C=O) groups excluding carboxylic acids is 1. The van der Waals surface area contributed by atoms with E-state index in [1.807, 2.05) is 30.3 Å². The van der Waals surface area contributed by atoms with Crippen molar-refractivity contribution in [2.75, 3.05) is 17.7 Å². The van der Waals surface area contributed by atoms with Crippen LogP contribution in [0.25, 0.3) is 21.9 Å². The van der Waals surface area contributed by atoms with Gasteiger partial charge in [0.2, 0.25) is 5.95 Å². The first kappa shape index (κ1) is 30.8. The van der Waals surface area contributed by atoms with E-state index in [0.29, 0.717) is 35.2 Å². The van der Waals surface area contributed by atoms with Gasteiger partial charge in [0.1, 0.15) is 11.8 Å². The second-order valence-electron chi connectivity index (χ2n) is 11.5. The van der Waals surface area contributed by atoms with E-state index in [9.17, 15) is 9.36 Å². The van der Waals surface area contributed by atoms with E-state index in [1.165, 1.54) is 6.92 Å². The number of fused-ring (bicyclic) bond motifs is 2. The van der Waals surface area contributed by atoms with Gasteiger partial charge in [0.05, 0.1) is 31.1 Å². The van der Waals surface area contributed by atoms with Crippen molar-refractivity contribution in [2.24, 2.45) is 5.92 Å². The number of nitrogens with two attached hydrogens (primary N) is 1. The molecule has 6 rings (SSSR count). The maximum atomic E-state index is 14.3. The molecule has 14 heteroatoms. The van der Waals surface area contributed by atoms with Crippen molar-refractivity contribution in [2.45, 2.75) is 70.6 Å². The number of carbonyl (C=O) groups is 1. The summed E-state index contributed by atoms with van der Waals surface area (Å²) in [7, 11) is -4.17. The summed E-state index contributed by atoms with van der Waals surface area (Å²) in [6.45, 7) is 4.86. The van der Waals surface area contributed by atoms with E-state index in [1.54, 1.807) is 36.9 Å². The molecule has 2 fully saturated rings. The molecule has 1 aliphatic carbocycles. The Hall–Kier alpha value is -4.21. The van der Waals surface area contributed by atoms with E-state index in [-0.39, 0.29) is 24.6 Å². The van der Waals surface area contributed by atoms with Crippen LogP contribution in [-0.2, 0) is 23.4 Å². The molecular formula is C31H36N7O6P. The van der Waals surface area contributed by atoms with Gasteiger partial charge in [0, 0.05) is 11.4 Å². The summed E-state index contributed by atoms with van der Waals surface area (Å²) in [5.41, 5.74) is 7.09. The Kier molecular flexibility index (Phi) is 8.66. The Labute approximate surface area is 260 Å². The maximum Gasteiger partial charge on any atom is 0.459 e. The molecule has 4 N–H and O–H groups in total. The van der Waals surface area contributed by atoms with Gasteiger partial charge in [-0.3, -0.25) is 13.9 Å². The van der Waals surface area contributed by atoms with E-state index in [2.05, 4.69) is 31.3 Å². The summed E-state index contributed by atoms with van der Waals surface area (Å²) >= 11 is 0. The lowest BCUT2D eigenvalue weighted by Crippen LogP contribution is -2.36. The van der Waals surface area contributed by atoms with Crippen molar-refractivity contribution >= 4 is 47.4 Å². The van der Waals surface area contributed by atoms with Crippen molar-refractivity contribution < 1.29 is 27.9 Å². The fourth-order valence-corrected chi connectivity index (χ4v) is 6.75. The zero-order valence-corrected chi connectivity index (χ0v) is 26.1. The first-order valence-corrected chi connectivity index (χ1v) is 16.4. The van der Waals surface area contributed by atoms with Crippen LogP contribution in [0.5, 0.6) is 5.75 Å². The molecule has 13 nitrogen and oxygen atoms in total. The highest BCUT2D eigenvalue weighted by Crippen LogP contribution is 2.48. The highest BCUT2D eigenvalue weighted by molar-refractivity contribution is 7.52. The van der Waals surface area contributed by atoms with Crippen LogP contribution in [0.1, 0.15) is 46.3 Å². The fourth-order valence-electron chi connectivity index (χ4n) is 5.21. The number of hydrogen-bond donors (Lipinski definition) is 3. The minimum absolute atomic E-state index is 0.102. The molecule has 236 valence electrons. The average molecular weight is 634 g/mol. The smallest absolute Gasteiger partial charge is 0.459 e. The molecule has 1 saturated carbocycles. The Bertz CT molecular complexity index is 1800. The number of nitrogens with zero attached hydrogens (tertiary/aromatic N) is 4. The topological polar surface area (TPSA) is 165 Å². The van der Waals surface area contributed by atoms with E-state index in [4.69, 9.17) is 30.7 Å². The zero-order chi connectivity index (χ0) is 31.7. The number of esters is 1. The summed E-state index contributed by atoms with van der Waals surface area (Å²) < 4.78 is 39.7. The Morgan fingerprint density at radius 3 is 2.73 bits per heavy atom. The average Bonchev–Trinajstić information content (AvgIpc) is 3.56. The molecule has 4 aromatic rings. The summed E-state index contributed by atoms with van der Waals surface area (Å²) in [5.74, 6) is 2.82. The lowest BCUT2D eigenvalue weighted by Gasteiger charge is -2.25. The first-order valence-electron chi connectivity index (χ1n) is 14.9. The number of aromatic nitrogens is 4. The third-order valence-corrected chi connectivity index (χ3v) is 9.12. The number of hydrogen-bond acceptors (Lipinski definition) is 11. The maximum absolute atomic E-state index is 14.3. The van der Waals surface area contributed by atoms with Gasteiger partial charge in [0.25, 0.3) is 0 Å². The van der Waals surface area contributed by atoms with Crippen LogP contribution >= 0.6 is 7.75 Å². The summed E-state index contributed by atoms with van der Waals surface area (Å²) in [6.07, 6.45) is 8.48. The molecule has 2 aromatic carbocycles. The van der Waals surface area contributed by atoms with Gasteiger partial charge >= 0.3 is 13.7 Å². The van der Waals surface area contributed by atoms with Crippen molar-refractivity contribution in [1.82, 2.24) is 24.6 Å². The van der Waals surface area contributed by atoms with Crippen LogP contribution in [0.4, 0.5) is 11.8 Å². The van der Waals surface area contributed by atoms with Crippen LogP contribution < -0.4 is 20.7 Å². The second kappa shape index (κ2) is 12.7. The summed E-state index contributed by atoms with van der Waals surface area (Å²) in [4.78, 5) is 25.9.